The molecule has 0 saturated carbocycles. The topological polar surface area (TPSA) is 88.7 Å². The molecule has 1 amide bonds. The van der Waals surface area contributed by atoms with Crippen molar-refractivity contribution in [3.63, 3.8) is 0 Å². The van der Waals surface area contributed by atoms with Gasteiger partial charge in [0.15, 0.2) is 11.7 Å². The number of hydrogen-bond donors (Lipinski definition) is 3. The van der Waals surface area contributed by atoms with Crippen molar-refractivity contribution in [2.24, 2.45) is 10.8 Å². The fourth-order valence-electron chi connectivity index (χ4n) is 2.25. The summed E-state index contributed by atoms with van der Waals surface area (Å²) >= 11 is 5.28. The van der Waals surface area contributed by atoms with Crippen LogP contribution in [0.3, 0.4) is 0 Å². The maximum Gasteiger partial charge on any atom is 0.255 e. The van der Waals surface area contributed by atoms with Crippen molar-refractivity contribution in [2.45, 2.75) is 20.8 Å². The number of nitrogens with two attached hydrogens (primary N) is 1. The minimum atomic E-state index is -0.513. The maximum absolute atomic E-state index is 10.7. The van der Waals surface area contributed by atoms with Gasteiger partial charge in [0.1, 0.15) is 5.75 Å². The Morgan fingerprint density at radius 1 is 1.19 bits per heavy atom. The third kappa shape index (κ3) is 5.86. The fourth-order valence-corrected chi connectivity index (χ4v) is 2.41. The van der Waals surface area contributed by atoms with Crippen molar-refractivity contribution in [1.82, 2.24) is 5.43 Å². The number of hydrazone groups is 1. The van der Waals surface area contributed by atoms with Gasteiger partial charge in [0.25, 0.3) is 5.91 Å². The van der Waals surface area contributed by atoms with E-state index in [1.54, 1.807) is 12.1 Å². The lowest BCUT2D eigenvalue weighted by Gasteiger charge is -2.11. The molecule has 0 aliphatic carbocycles. The van der Waals surface area contributed by atoms with Gasteiger partial charge in [-0.25, -0.2) is 0 Å². The Morgan fingerprint density at radius 2 is 1.88 bits per heavy atom. The number of carbonyl (C=O) groups excluding carboxylic acids is 1. The summed E-state index contributed by atoms with van der Waals surface area (Å²) in [7, 11) is 0. The number of primary amides is 1. The Balaban J connectivity index is 1.94. The van der Waals surface area contributed by atoms with Gasteiger partial charge in [0.2, 0.25) is 0 Å². The van der Waals surface area contributed by atoms with E-state index in [9.17, 15) is 4.79 Å². The molecular weight excluding hydrogens is 348 g/mol. The van der Waals surface area contributed by atoms with Crippen LogP contribution in [0.5, 0.6) is 5.75 Å². The number of rotatable bonds is 6. The van der Waals surface area contributed by atoms with Crippen LogP contribution in [-0.2, 0) is 4.79 Å². The molecule has 7 heteroatoms. The first-order valence-electron chi connectivity index (χ1n) is 8.05. The third-order valence-electron chi connectivity index (χ3n) is 3.61. The largest absolute Gasteiger partial charge is 0.484 e. The minimum Gasteiger partial charge on any atom is -0.484 e. The van der Waals surface area contributed by atoms with E-state index in [0.717, 1.165) is 22.5 Å². The van der Waals surface area contributed by atoms with Gasteiger partial charge in [-0.15, -0.1) is 0 Å². The Morgan fingerprint density at radius 3 is 2.50 bits per heavy atom. The molecule has 0 heterocycles. The standard InChI is InChI=1S/C19H22N4O2S/c1-12-4-9-17(13(2)10-12)21-19(26)23-22-14(3)15-5-7-16(8-6-15)25-11-18(20)24/h4-10H,11H2,1-3H3,(H2,20,24)(H2,21,23,26)/b22-14+. The number of ether oxygens (including phenoxy) is 1. The number of nitrogens with zero attached hydrogens (tertiary/aromatic N) is 1. The average Bonchev–Trinajstić information content (AvgIpc) is 2.60. The molecular formula is C19H22N4O2S. The molecule has 2 aromatic carbocycles. The second-order valence-electron chi connectivity index (χ2n) is 5.86. The molecule has 2 aromatic rings. The molecule has 0 aliphatic heterocycles. The van der Waals surface area contributed by atoms with Crippen LogP contribution < -0.4 is 21.2 Å². The first-order valence-corrected chi connectivity index (χ1v) is 8.46. The summed E-state index contributed by atoms with van der Waals surface area (Å²) in [5.74, 6) is 0.0567. The van der Waals surface area contributed by atoms with E-state index in [1.165, 1.54) is 5.56 Å². The minimum absolute atomic E-state index is 0.146. The van der Waals surface area contributed by atoms with Gasteiger partial charge in [0, 0.05) is 5.69 Å². The summed E-state index contributed by atoms with van der Waals surface area (Å²) in [6, 6.07) is 13.3. The number of aryl methyl sites for hydroxylation is 2. The summed E-state index contributed by atoms with van der Waals surface area (Å²) in [6.07, 6.45) is 0. The molecule has 0 aliphatic rings. The number of nitrogens with one attached hydrogen (secondary N) is 2. The molecule has 26 heavy (non-hydrogen) atoms. The lowest BCUT2D eigenvalue weighted by molar-refractivity contribution is -0.119. The van der Waals surface area contributed by atoms with Crippen LogP contribution in [0.4, 0.5) is 5.69 Å². The zero-order valence-electron chi connectivity index (χ0n) is 15.0. The van der Waals surface area contributed by atoms with Crippen LogP contribution in [0.2, 0.25) is 0 Å². The number of carbonyl (C=O) groups is 1. The quantitative estimate of drug-likeness (QED) is 0.413. The van der Waals surface area contributed by atoms with Gasteiger partial charge in [-0.05, 0) is 74.4 Å². The van der Waals surface area contributed by atoms with Crippen molar-refractivity contribution >= 4 is 34.6 Å². The van der Waals surface area contributed by atoms with Gasteiger partial charge >= 0.3 is 0 Å². The lowest BCUT2D eigenvalue weighted by atomic mass is 10.1. The predicted molar refractivity (Wildman–Crippen MR) is 109 cm³/mol. The lowest BCUT2D eigenvalue weighted by Crippen LogP contribution is -2.25. The van der Waals surface area contributed by atoms with Crippen molar-refractivity contribution in [3.8, 4) is 5.75 Å². The van der Waals surface area contributed by atoms with E-state index >= 15 is 0 Å². The fraction of sp³-hybridized carbons (Fsp3) is 0.211. The highest BCUT2D eigenvalue weighted by Gasteiger charge is 2.03. The van der Waals surface area contributed by atoms with Crippen LogP contribution in [-0.4, -0.2) is 23.3 Å². The molecule has 6 nitrogen and oxygen atoms in total. The Hall–Kier alpha value is -2.93. The molecule has 0 unspecified atom stereocenters. The maximum atomic E-state index is 10.7. The molecule has 0 radical (unpaired) electrons. The molecule has 0 aromatic heterocycles. The van der Waals surface area contributed by atoms with E-state index in [1.807, 2.05) is 45.0 Å². The third-order valence-corrected chi connectivity index (χ3v) is 3.80. The summed E-state index contributed by atoms with van der Waals surface area (Å²) < 4.78 is 5.23. The van der Waals surface area contributed by atoms with Gasteiger partial charge in [-0.2, -0.15) is 5.10 Å². The second kappa shape index (κ2) is 8.96. The molecule has 4 N–H and O–H groups in total. The Bertz CT molecular complexity index is 832. The molecule has 0 bridgehead atoms. The van der Waals surface area contributed by atoms with E-state index in [4.69, 9.17) is 22.7 Å². The van der Waals surface area contributed by atoms with Crippen LogP contribution in [0.15, 0.2) is 47.6 Å². The van der Waals surface area contributed by atoms with Crippen molar-refractivity contribution in [3.05, 3.63) is 59.2 Å². The van der Waals surface area contributed by atoms with Crippen molar-refractivity contribution in [1.29, 1.82) is 0 Å². The smallest absolute Gasteiger partial charge is 0.255 e. The highest BCUT2D eigenvalue weighted by molar-refractivity contribution is 7.80. The number of hydrogen-bond acceptors (Lipinski definition) is 4. The monoisotopic (exact) mass is 370 g/mol. The van der Waals surface area contributed by atoms with Gasteiger partial charge in [-0.3, -0.25) is 10.2 Å². The van der Waals surface area contributed by atoms with E-state index < -0.39 is 5.91 Å². The Labute approximate surface area is 158 Å². The van der Waals surface area contributed by atoms with Gasteiger partial charge < -0.3 is 15.8 Å². The number of benzene rings is 2. The van der Waals surface area contributed by atoms with Gasteiger partial charge in [0.05, 0.1) is 5.71 Å². The van der Waals surface area contributed by atoms with E-state index in [2.05, 4.69) is 21.9 Å². The summed E-state index contributed by atoms with van der Waals surface area (Å²) in [5, 5.41) is 7.83. The average molecular weight is 370 g/mol. The van der Waals surface area contributed by atoms with Gasteiger partial charge in [-0.1, -0.05) is 17.7 Å². The highest BCUT2D eigenvalue weighted by atomic mass is 32.1. The summed E-state index contributed by atoms with van der Waals surface area (Å²) in [6.45, 7) is 5.79. The van der Waals surface area contributed by atoms with Crippen LogP contribution in [0.25, 0.3) is 0 Å². The number of anilines is 1. The predicted octanol–water partition coefficient (Wildman–Crippen LogP) is 2.88. The molecule has 0 saturated heterocycles. The van der Waals surface area contributed by atoms with Crippen LogP contribution >= 0.6 is 12.2 Å². The van der Waals surface area contributed by atoms with Crippen molar-refractivity contribution < 1.29 is 9.53 Å². The molecule has 2 rings (SSSR count). The SMILES string of the molecule is C/C(=N\NC(=S)Nc1ccc(C)cc1C)c1ccc(OCC(N)=O)cc1. The number of amides is 1. The summed E-state index contributed by atoms with van der Waals surface area (Å²) in [4.78, 5) is 10.7. The van der Waals surface area contributed by atoms with Crippen LogP contribution in [0.1, 0.15) is 23.6 Å². The van der Waals surface area contributed by atoms with E-state index in [0.29, 0.717) is 10.9 Å². The normalized spacial score (nSPS) is 11.0. The Kier molecular flexibility index (Phi) is 6.68. The summed E-state index contributed by atoms with van der Waals surface area (Å²) in [5.41, 5.74) is 12.8. The van der Waals surface area contributed by atoms with E-state index in [-0.39, 0.29) is 6.61 Å². The molecule has 0 spiro atoms. The van der Waals surface area contributed by atoms with Crippen LogP contribution in [0, 0.1) is 13.8 Å². The zero-order valence-corrected chi connectivity index (χ0v) is 15.8. The molecule has 136 valence electrons. The van der Waals surface area contributed by atoms with Crippen molar-refractivity contribution in [2.75, 3.05) is 11.9 Å². The molecule has 0 atom stereocenters. The first kappa shape index (κ1) is 19.4. The highest BCUT2D eigenvalue weighted by Crippen LogP contribution is 2.16. The number of thiocarbonyl (C=S) groups is 1. The molecule has 0 fully saturated rings. The first-order chi connectivity index (χ1) is 12.3. The zero-order chi connectivity index (χ0) is 19.1. The second-order valence-corrected chi connectivity index (χ2v) is 6.27.